The van der Waals surface area contributed by atoms with E-state index in [1.54, 1.807) is 30.5 Å². The first-order valence-electron chi connectivity index (χ1n) is 11.7. The Hall–Kier alpha value is -3.33. The summed E-state index contributed by atoms with van der Waals surface area (Å²) < 4.78 is 5.68. The zero-order chi connectivity index (χ0) is 24.5. The minimum atomic E-state index is -0.794. The van der Waals surface area contributed by atoms with Gasteiger partial charge in [0.15, 0.2) is 0 Å². The van der Waals surface area contributed by atoms with E-state index in [0.29, 0.717) is 34.3 Å². The highest BCUT2D eigenvalue weighted by atomic mass is 35.5. The number of aromatic nitrogens is 3. The van der Waals surface area contributed by atoms with Crippen LogP contribution in [0.2, 0.25) is 5.02 Å². The van der Waals surface area contributed by atoms with E-state index in [4.69, 9.17) is 21.3 Å². The van der Waals surface area contributed by atoms with Gasteiger partial charge in [-0.25, -0.2) is 4.98 Å². The molecule has 8 nitrogen and oxygen atoms in total. The van der Waals surface area contributed by atoms with Crippen molar-refractivity contribution in [2.24, 2.45) is 0 Å². The average molecular weight is 494 g/mol. The molecule has 5 rings (SSSR count). The predicted molar refractivity (Wildman–Crippen MR) is 139 cm³/mol. The number of pyridine rings is 1. The molecule has 0 saturated carbocycles. The predicted octanol–water partition coefficient (Wildman–Crippen LogP) is 4.25. The van der Waals surface area contributed by atoms with E-state index in [0.717, 1.165) is 35.4 Å². The highest BCUT2D eigenvalue weighted by molar-refractivity contribution is 6.30. The number of fused-ring (bicyclic) bond motifs is 1. The van der Waals surface area contributed by atoms with Crippen LogP contribution >= 0.6 is 11.6 Å². The van der Waals surface area contributed by atoms with Crippen LogP contribution in [0.15, 0.2) is 53.5 Å². The van der Waals surface area contributed by atoms with E-state index in [9.17, 15) is 9.90 Å². The molecule has 0 unspecified atom stereocenters. The van der Waals surface area contributed by atoms with E-state index < -0.39 is 6.10 Å². The Bertz CT molecular complexity index is 1420. The average Bonchev–Trinajstić information content (AvgIpc) is 3.27. The van der Waals surface area contributed by atoms with E-state index in [-0.39, 0.29) is 18.2 Å². The Morgan fingerprint density at radius 1 is 1.31 bits per heavy atom. The number of nitrogens with one attached hydrogen (secondary N) is 3. The lowest BCUT2D eigenvalue weighted by atomic mass is 10.1. The number of aliphatic hydroxyl groups excluding tert-OH is 1. The molecule has 2 aromatic heterocycles. The minimum Gasteiger partial charge on any atom is -0.387 e. The molecule has 1 saturated heterocycles. The zero-order valence-electron chi connectivity index (χ0n) is 19.6. The van der Waals surface area contributed by atoms with Crippen molar-refractivity contribution in [1.82, 2.24) is 15.0 Å². The van der Waals surface area contributed by atoms with E-state index in [1.165, 1.54) is 0 Å². The summed E-state index contributed by atoms with van der Waals surface area (Å²) in [6, 6.07) is 13.1. The summed E-state index contributed by atoms with van der Waals surface area (Å²) in [4.78, 5) is 26.0. The fraction of sp³-hybridized carbons (Fsp3) is 0.308. The van der Waals surface area contributed by atoms with Gasteiger partial charge >= 0.3 is 0 Å². The maximum absolute atomic E-state index is 12.9. The van der Waals surface area contributed by atoms with Crippen LogP contribution in [0, 0.1) is 6.92 Å². The molecule has 2 atom stereocenters. The molecule has 0 radical (unpaired) electrons. The quantitative estimate of drug-likeness (QED) is 0.320. The second kappa shape index (κ2) is 9.73. The van der Waals surface area contributed by atoms with E-state index in [1.807, 2.05) is 13.0 Å². The first-order chi connectivity index (χ1) is 16.9. The van der Waals surface area contributed by atoms with E-state index in [2.05, 4.69) is 39.2 Å². The molecule has 0 amide bonds. The van der Waals surface area contributed by atoms with Crippen molar-refractivity contribution < 1.29 is 9.84 Å². The standard InChI is InChI=1S/C26H28ClN5O3/c1-15-10-19(32-8-9-35-16(2)14-32)12-21-24(15)31-25(30-21)23-20(6-7-28-26(23)34)29-13-22(33)17-4-3-5-18(27)11-17/h3-7,10-12,16,22,33H,8-9,13-14H2,1-2H3,(H,30,31)(H2,28,29,34)/t16-,22-/m1/s1. The smallest absolute Gasteiger partial charge is 0.261 e. The topological polar surface area (TPSA) is 106 Å². The Labute approximate surface area is 207 Å². The summed E-state index contributed by atoms with van der Waals surface area (Å²) >= 11 is 6.05. The van der Waals surface area contributed by atoms with Crippen LogP contribution in [0.4, 0.5) is 11.4 Å². The molecule has 2 aromatic carbocycles. The van der Waals surface area contributed by atoms with Crippen molar-refractivity contribution in [3.8, 4) is 11.4 Å². The molecular weight excluding hydrogens is 466 g/mol. The molecule has 0 aliphatic carbocycles. The number of H-pyrrole nitrogens is 2. The van der Waals surface area contributed by atoms with Gasteiger partial charge in [0.25, 0.3) is 5.56 Å². The number of imidazole rings is 1. The molecule has 1 aliphatic heterocycles. The van der Waals surface area contributed by atoms with Gasteiger partial charge in [-0.05, 0) is 55.3 Å². The van der Waals surface area contributed by atoms with Crippen molar-refractivity contribution in [2.45, 2.75) is 26.1 Å². The summed E-state index contributed by atoms with van der Waals surface area (Å²) in [5.74, 6) is 0.470. The van der Waals surface area contributed by atoms with Gasteiger partial charge < -0.3 is 30.0 Å². The zero-order valence-corrected chi connectivity index (χ0v) is 20.4. The van der Waals surface area contributed by atoms with Crippen molar-refractivity contribution in [2.75, 3.05) is 36.5 Å². The third-order valence-electron chi connectivity index (χ3n) is 6.29. The number of ether oxygens (including phenoxy) is 1. The molecule has 1 aliphatic rings. The maximum atomic E-state index is 12.9. The van der Waals surface area contributed by atoms with Crippen LogP contribution in [0.25, 0.3) is 22.4 Å². The summed E-state index contributed by atoms with van der Waals surface area (Å²) in [6.07, 6.45) is 0.957. The van der Waals surface area contributed by atoms with Crippen molar-refractivity contribution >= 4 is 34.0 Å². The molecule has 1 fully saturated rings. The third-order valence-corrected chi connectivity index (χ3v) is 6.52. The molecule has 0 spiro atoms. The lowest BCUT2D eigenvalue weighted by molar-refractivity contribution is 0.0532. The number of aliphatic hydroxyl groups is 1. The summed E-state index contributed by atoms with van der Waals surface area (Å²) in [6.45, 7) is 6.66. The highest BCUT2D eigenvalue weighted by Gasteiger charge is 2.20. The number of morpholine rings is 1. The molecule has 35 heavy (non-hydrogen) atoms. The van der Waals surface area contributed by atoms with Crippen molar-refractivity contribution in [3.63, 3.8) is 0 Å². The van der Waals surface area contributed by atoms with Crippen LogP contribution < -0.4 is 15.8 Å². The van der Waals surface area contributed by atoms with Gasteiger partial charge in [0.2, 0.25) is 0 Å². The van der Waals surface area contributed by atoms with Gasteiger partial charge in [-0.3, -0.25) is 4.79 Å². The monoisotopic (exact) mass is 493 g/mol. The number of aromatic amines is 2. The van der Waals surface area contributed by atoms with Gasteiger partial charge in [-0.15, -0.1) is 0 Å². The molecular formula is C26H28ClN5O3. The lowest BCUT2D eigenvalue weighted by Gasteiger charge is -2.33. The number of hydrogen-bond acceptors (Lipinski definition) is 6. The highest BCUT2D eigenvalue weighted by Crippen LogP contribution is 2.30. The molecule has 9 heteroatoms. The number of hydrogen-bond donors (Lipinski definition) is 4. The number of aryl methyl sites for hydroxylation is 1. The maximum Gasteiger partial charge on any atom is 0.261 e. The molecule has 182 valence electrons. The van der Waals surface area contributed by atoms with Crippen LogP contribution in [-0.2, 0) is 4.74 Å². The van der Waals surface area contributed by atoms with Crippen LogP contribution in [0.1, 0.15) is 24.2 Å². The van der Waals surface area contributed by atoms with Gasteiger partial charge in [0.1, 0.15) is 11.4 Å². The van der Waals surface area contributed by atoms with Crippen LogP contribution in [-0.4, -0.2) is 52.4 Å². The number of benzene rings is 2. The number of halogens is 1. The second-order valence-electron chi connectivity index (χ2n) is 8.92. The van der Waals surface area contributed by atoms with Crippen molar-refractivity contribution in [3.05, 3.63) is 75.2 Å². The van der Waals surface area contributed by atoms with Crippen molar-refractivity contribution in [1.29, 1.82) is 0 Å². The Kier molecular flexibility index (Phi) is 6.51. The normalized spacial score (nSPS) is 17.0. The Morgan fingerprint density at radius 3 is 2.97 bits per heavy atom. The summed E-state index contributed by atoms with van der Waals surface area (Å²) in [5, 5.41) is 14.4. The van der Waals surface area contributed by atoms with Crippen LogP contribution in [0.5, 0.6) is 0 Å². The molecule has 0 bridgehead atoms. The fourth-order valence-corrected chi connectivity index (χ4v) is 4.72. The van der Waals surface area contributed by atoms with Gasteiger partial charge in [-0.1, -0.05) is 23.7 Å². The fourth-order valence-electron chi connectivity index (χ4n) is 4.52. The lowest BCUT2D eigenvalue weighted by Crippen LogP contribution is -2.41. The minimum absolute atomic E-state index is 0.177. The van der Waals surface area contributed by atoms with Gasteiger partial charge in [0, 0.05) is 36.5 Å². The Morgan fingerprint density at radius 2 is 2.17 bits per heavy atom. The first kappa shape index (κ1) is 23.4. The first-order valence-corrected chi connectivity index (χ1v) is 12.0. The number of nitrogens with zero attached hydrogens (tertiary/aromatic N) is 2. The molecule has 3 heterocycles. The molecule has 4 aromatic rings. The Balaban J connectivity index is 1.45. The van der Waals surface area contributed by atoms with E-state index >= 15 is 0 Å². The summed E-state index contributed by atoms with van der Waals surface area (Å²) in [5.41, 5.74) is 5.20. The van der Waals surface area contributed by atoms with Gasteiger partial charge in [0.05, 0.1) is 35.5 Å². The number of rotatable bonds is 6. The van der Waals surface area contributed by atoms with Gasteiger partial charge in [-0.2, -0.15) is 0 Å². The van der Waals surface area contributed by atoms with Crippen LogP contribution in [0.3, 0.4) is 0 Å². The number of anilines is 2. The largest absolute Gasteiger partial charge is 0.387 e. The SMILES string of the molecule is Cc1cc(N2CCO[C@H](C)C2)cc2[nH]c(-c3c(NC[C@@H](O)c4cccc(Cl)c4)cc[nH]c3=O)nc12. The second-order valence-corrected chi connectivity index (χ2v) is 9.36. The third kappa shape index (κ3) is 4.91. The molecule has 4 N–H and O–H groups in total. The summed E-state index contributed by atoms with van der Waals surface area (Å²) in [7, 11) is 0.